The standard InChI is InChI=1S/C15H20ClNO2/c1-19-13-10-11(5-6-12(13)16)15(18)7-9-17-8-3-2-4-14(15)17/h5-6,10,14,18H,2-4,7-9H2,1H3. The molecule has 0 radical (unpaired) electrons. The highest BCUT2D eigenvalue weighted by Gasteiger charge is 2.47. The molecule has 3 nitrogen and oxygen atoms in total. The fourth-order valence-corrected chi connectivity index (χ4v) is 3.74. The Labute approximate surface area is 119 Å². The van der Waals surface area contributed by atoms with Crippen LogP contribution in [0.15, 0.2) is 18.2 Å². The molecule has 0 aliphatic carbocycles. The minimum absolute atomic E-state index is 0.243. The minimum Gasteiger partial charge on any atom is -0.495 e. The number of piperidine rings is 1. The molecule has 2 fully saturated rings. The van der Waals surface area contributed by atoms with Crippen LogP contribution in [0.25, 0.3) is 0 Å². The van der Waals surface area contributed by atoms with Crippen LogP contribution in [0.3, 0.4) is 0 Å². The van der Waals surface area contributed by atoms with E-state index in [9.17, 15) is 5.11 Å². The number of benzene rings is 1. The second kappa shape index (κ2) is 4.97. The van der Waals surface area contributed by atoms with Crippen LogP contribution in [0.5, 0.6) is 5.75 Å². The monoisotopic (exact) mass is 281 g/mol. The van der Waals surface area contributed by atoms with Gasteiger partial charge in [0.1, 0.15) is 11.4 Å². The molecule has 104 valence electrons. The number of ether oxygens (including phenoxy) is 1. The maximum atomic E-state index is 11.1. The summed E-state index contributed by atoms with van der Waals surface area (Å²) in [4.78, 5) is 2.42. The molecule has 0 aromatic heterocycles. The van der Waals surface area contributed by atoms with Gasteiger partial charge in [-0.3, -0.25) is 4.90 Å². The summed E-state index contributed by atoms with van der Waals surface area (Å²) in [5.41, 5.74) is 0.182. The first-order chi connectivity index (χ1) is 9.15. The first-order valence-corrected chi connectivity index (χ1v) is 7.33. The molecule has 2 aliphatic rings. The third-order valence-electron chi connectivity index (χ3n) is 4.60. The van der Waals surface area contributed by atoms with Crippen molar-refractivity contribution in [3.63, 3.8) is 0 Å². The number of halogens is 1. The Morgan fingerprint density at radius 2 is 2.21 bits per heavy atom. The lowest BCUT2D eigenvalue weighted by atomic mass is 9.83. The van der Waals surface area contributed by atoms with E-state index in [1.54, 1.807) is 7.11 Å². The average molecular weight is 282 g/mol. The second-order valence-corrected chi connectivity index (χ2v) is 5.98. The highest BCUT2D eigenvalue weighted by Crippen LogP contribution is 2.43. The normalized spacial score (nSPS) is 31.2. The lowest BCUT2D eigenvalue weighted by molar-refractivity contribution is -0.0139. The molecule has 1 N–H and O–H groups in total. The fraction of sp³-hybridized carbons (Fsp3) is 0.600. The minimum atomic E-state index is -0.752. The number of hydrogen-bond acceptors (Lipinski definition) is 3. The number of aliphatic hydroxyl groups is 1. The van der Waals surface area contributed by atoms with Crippen LogP contribution >= 0.6 is 11.6 Å². The Balaban J connectivity index is 1.96. The molecule has 1 aromatic carbocycles. The van der Waals surface area contributed by atoms with Gasteiger partial charge >= 0.3 is 0 Å². The van der Waals surface area contributed by atoms with Crippen molar-refractivity contribution in [3.05, 3.63) is 28.8 Å². The van der Waals surface area contributed by atoms with Crippen LogP contribution in [0.2, 0.25) is 5.02 Å². The van der Waals surface area contributed by atoms with E-state index in [0.717, 1.165) is 31.5 Å². The molecule has 3 rings (SSSR count). The van der Waals surface area contributed by atoms with Gasteiger partial charge in [0.05, 0.1) is 12.1 Å². The maximum absolute atomic E-state index is 11.1. The quantitative estimate of drug-likeness (QED) is 0.905. The van der Waals surface area contributed by atoms with E-state index in [0.29, 0.717) is 10.8 Å². The van der Waals surface area contributed by atoms with Crippen molar-refractivity contribution in [2.24, 2.45) is 0 Å². The highest BCUT2D eigenvalue weighted by molar-refractivity contribution is 6.32. The molecule has 19 heavy (non-hydrogen) atoms. The Bertz CT molecular complexity index is 479. The molecule has 2 saturated heterocycles. The van der Waals surface area contributed by atoms with Crippen molar-refractivity contribution in [3.8, 4) is 5.75 Å². The molecular weight excluding hydrogens is 262 g/mol. The largest absolute Gasteiger partial charge is 0.495 e. The molecule has 1 aromatic rings. The van der Waals surface area contributed by atoms with Crippen molar-refractivity contribution in [2.45, 2.75) is 37.3 Å². The molecule has 0 saturated carbocycles. The molecule has 0 spiro atoms. The lowest BCUT2D eigenvalue weighted by Gasteiger charge is -2.37. The van der Waals surface area contributed by atoms with E-state index < -0.39 is 5.60 Å². The summed E-state index contributed by atoms with van der Waals surface area (Å²) in [5, 5.41) is 11.7. The van der Waals surface area contributed by atoms with Gasteiger partial charge in [-0.05, 0) is 43.5 Å². The van der Waals surface area contributed by atoms with Crippen LogP contribution in [0.4, 0.5) is 0 Å². The fourth-order valence-electron chi connectivity index (χ4n) is 3.55. The number of hydrogen-bond donors (Lipinski definition) is 1. The SMILES string of the molecule is COc1cc(C2(O)CCN3CCCCC32)ccc1Cl. The first kappa shape index (κ1) is 13.2. The van der Waals surface area contributed by atoms with Gasteiger partial charge < -0.3 is 9.84 Å². The van der Waals surface area contributed by atoms with Gasteiger partial charge in [0.15, 0.2) is 0 Å². The predicted molar refractivity (Wildman–Crippen MR) is 75.7 cm³/mol. The van der Waals surface area contributed by atoms with E-state index in [1.807, 2.05) is 18.2 Å². The Morgan fingerprint density at radius 3 is 3.00 bits per heavy atom. The lowest BCUT2D eigenvalue weighted by Crippen LogP contribution is -2.45. The van der Waals surface area contributed by atoms with Gasteiger partial charge in [0.2, 0.25) is 0 Å². The van der Waals surface area contributed by atoms with Crippen LogP contribution < -0.4 is 4.74 Å². The molecule has 4 heteroatoms. The summed E-state index contributed by atoms with van der Waals surface area (Å²) in [6.07, 6.45) is 4.31. The predicted octanol–water partition coefficient (Wildman–Crippen LogP) is 2.79. The average Bonchev–Trinajstić information content (AvgIpc) is 2.79. The number of methoxy groups -OCH3 is 1. The summed E-state index contributed by atoms with van der Waals surface area (Å²) >= 11 is 6.07. The Kier molecular flexibility index (Phi) is 3.46. The first-order valence-electron chi connectivity index (χ1n) is 6.95. The van der Waals surface area contributed by atoms with Gasteiger partial charge in [0, 0.05) is 12.6 Å². The Morgan fingerprint density at radius 1 is 1.37 bits per heavy atom. The molecule has 2 heterocycles. The van der Waals surface area contributed by atoms with Crippen molar-refractivity contribution in [1.29, 1.82) is 0 Å². The van der Waals surface area contributed by atoms with E-state index in [1.165, 1.54) is 12.8 Å². The third kappa shape index (κ3) is 2.14. The maximum Gasteiger partial charge on any atom is 0.137 e. The van der Waals surface area contributed by atoms with E-state index in [2.05, 4.69) is 4.90 Å². The second-order valence-electron chi connectivity index (χ2n) is 5.57. The molecular formula is C15H20ClNO2. The van der Waals surface area contributed by atoms with Crippen molar-refractivity contribution < 1.29 is 9.84 Å². The smallest absolute Gasteiger partial charge is 0.137 e. The van der Waals surface area contributed by atoms with Crippen LogP contribution in [0.1, 0.15) is 31.2 Å². The van der Waals surface area contributed by atoms with Crippen LogP contribution in [-0.2, 0) is 5.60 Å². The highest BCUT2D eigenvalue weighted by atomic mass is 35.5. The number of fused-ring (bicyclic) bond motifs is 1. The van der Waals surface area contributed by atoms with Gasteiger partial charge in [-0.15, -0.1) is 0 Å². The van der Waals surface area contributed by atoms with E-state index >= 15 is 0 Å². The number of nitrogens with zero attached hydrogens (tertiary/aromatic N) is 1. The number of rotatable bonds is 2. The van der Waals surface area contributed by atoms with Crippen molar-refractivity contribution >= 4 is 11.6 Å². The molecule has 0 bridgehead atoms. The summed E-state index contributed by atoms with van der Waals surface area (Å²) in [6, 6.07) is 5.88. The van der Waals surface area contributed by atoms with Gasteiger partial charge in [-0.25, -0.2) is 0 Å². The summed E-state index contributed by atoms with van der Waals surface area (Å²) in [6.45, 7) is 2.09. The van der Waals surface area contributed by atoms with Crippen LogP contribution in [-0.4, -0.2) is 36.2 Å². The van der Waals surface area contributed by atoms with Crippen molar-refractivity contribution in [1.82, 2.24) is 4.90 Å². The van der Waals surface area contributed by atoms with Crippen molar-refractivity contribution in [2.75, 3.05) is 20.2 Å². The summed E-state index contributed by atoms with van der Waals surface area (Å²) in [7, 11) is 1.61. The van der Waals surface area contributed by atoms with Gasteiger partial charge in [-0.1, -0.05) is 24.1 Å². The van der Waals surface area contributed by atoms with Gasteiger partial charge in [-0.2, -0.15) is 0 Å². The zero-order valence-corrected chi connectivity index (χ0v) is 12.0. The van der Waals surface area contributed by atoms with Gasteiger partial charge in [0.25, 0.3) is 0 Å². The Hall–Kier alpha value is -0.770. The zero-order valence-electron chi connectivity index (χ0n) is 11.2. The molecule has 2 atom stereocenters. The molecule has 0 amide bonds. The third-order valence-corrected chi connectivity index (χ3v) is 4.91. The van der Waals surface area contributed by atoms with E-state index in [-0.39, 0.29) is 6.04 Å². The topological polar surface area (TPSA) is 32.7 Å². The summed E-state index contributed by atoms with van der Waals surface area (Å²) < 4.78 is 5.27. The zero-order chi connectivity index (χ0) is 13.5. The summed E-state index contributed by atoms with van der Waals surface area (Å²) in [5.74, 6) is 0.641. The van der Waals surface area contributed by atoms with Crippen LogP contribution in [0, 0.1) is 0 Å². The molecule has 2 aliphatic heterocycles. The molecule has 2 unspecified atom stereocenters. The van der Waals surface area contributed by atoms with E-state index in [4.69, 9.17) is 16.3 Å².